The highest BCUT2D eigenvalue weighted by Crippen LogP contribution is 2.33. The van der Waals surface area contributed by atoms with Crippen molar-refractivity contribution >= 4 is 55.2 Å². The molecule has 0 aromatic heterocycles. The average Bonchev–Trinajstić information content (AvgIpc) is 2.91. The van der Waals surface area contributed by atoms with Crippen molar-refractivity contribution in [2.75, 3.05) is 8.61 Å². The van der Waals surface area contributed by atoms with Crippen molar-refractivity contribution < 1.29 is 26.4 Å². The van der Waals surface area contributed by atoms with Gasteiger partial charge in [0, 0.05) is 9.79 Å². The molecule has 0 unspecified atom stereocenters. The van der Waals surface area contributed by atoms with E-state index >= 15 is 0 Å². The van der Waals surface area contributed by atoms with Crippen LogP contribution in [0.25, 0.3) is 0 Å². The van der Waals surface area contributed by atoms with Crippen LogP contribution >= 0.6 is 11.8 Å². The number of aryl methyl sites for hydroxylation is 2. The van der Waals surface area contributed by atoms with E-state index in [0.717, 1.165) is 11.1 Å². The molecule has 0 atom stereocenters. The molecule has 10 nitrogen and oxygen atoms in total. The Morgan fingerprint density at radius 3 is 1.10 bits per heavy atom. The number of amides is 4. The van der Waals surface area contributed by atoms with Crippen LogP contribution in [0, 0.1) is 13.8 Å². The number of carbonyl (C=O) groups is 2. The Bertz CT molecular complexity index is 1660. The smallest absolute Gasteiger partial charge is 0.333 e. The number of nitrogens with two attached hydrogens (primary N) is 2. The predicted molar refractivity (Wildman–Crippen MR) is 158 cm³/mol. The van der Waals surface area contributed by atoms with Crippen LogP contribution < -0.4 is 20.1 Å². The van der Waals surface area contributed by atoms with Crippen molar-refractivity contribution in [3.63, 3.8) is 0 Å². The normalized spacial score (nSPS) is 11.6. The summed E-state index contributed by atoms with van der Waals surface area (Å²) < 4.78 is 53.5. The van der Waals surface area contributed by atoms with Gasteiger partial charge in [-0.2, -0.15) is 8.61 Å². The summed E-state index contributed by atoms with van der Waals surface area (Å²) in [5.74, 6) is 0. The zero-order valence-electron chi connectivity index (χ0n) is 22.0. The van der Waals surface area contributed by atoms with E-state index in [1.165, 1.54) is 60.3 Å². The molecule has 0 heterocycles. The van der Waals surface area contributed by atoms with Gasteiger partial charge in [-0.15, -0.1) is 0 Å². The molecule has 41 heavy (non-hydrogen) atoms. The summed E-state index contributed by atoms with van der Waals surface area (Å²) in [5.41, 5.74) is 12.7. The van der Waals surface area contributed by atoms with E-state index < -0.39 is 32.1 Å². The van der Waals surface area contributed by atoms with Gasteiger partial charge in [0.1, 0.15) is 0 Å². The molecule has 4 aromatic rings. The van der Waals surface area contributed by atoms with Gasteiger partial charge in [0.25, 0.3) is 20.0 Å². The first kappa shape index (κ1) is 29.6. The van der Waals surface area contributed by atoms with Gasteiger partial charge in [-0.25, -0.2) is 26.4 Å². The van der Waals surface area contributed by atoms with Gasteiger partial charge in [0.2, 0.25) is 0 Å². The van der Waals surface area contributed by atoms with Crippen LogP contribution in [0.15, 0.2) is 117 Å². The van der Waals surface area contributed by atoms with Gasteiger partial charge >= 0.3 is 12.1 Å². The third kappa shape index (κ3) is 6.37. The summed E-state index contributed by atoms with van der Waals surface area (Å²) in [6, 6.07) is 22.1. The van der Waals surface area contributed by atoms with Gasteiger partial charge in [-0.05, 0) is 86.6 Å². The number of hydrogen-bond acceptors (Lipinski definition) is 7. The number of nitrogens with zero attached hydrogens (tertiary/aromatic N) is 2. The number of urea groups is 2. The zero-order chi connectivity index (χ0) is 29.9. The van der Waals surface area contributed by atoms with E-state index in [2.05, 4.69) is 0 Å². The highest BCUT2D eigenvalue weighted by molar-refractivity contribution is 7.99. The lowest BCUT2D eigenvalue weighted by Gasteiger charge is -2.21. The van der Waals surface area contributed by atoms with Gasteiger partial charge in [0.15, 0.2) is 0 Å². The first-order valence-electron chi connectivity index (χ1n) is 12.0. The Morgan fingerprint density at radius 2 is 0.829 bits per heavy atom. The van der Waals surface area contributed by atoms with Gasteiger partial charge in [-0.1, -0.05) is 47.2 Å². The highest BCUT2D eigenvalue weighted by Gasteiger charge is 2.30. The number of anilines is 2. The second-order valence-electron chi connectivity index (χ2n) is 8.93. The molecule has 0 bridgehead atoms. The fourth-order valence-corrected chi connectivity index (χ4v) is 7.31. The van der Waals surface area contributed by atoms with Crippen LogP contribution in [-0.4, -0.2) is 28.9 Å². The molecular weight excluding hydrogens is 585 g/mol. The Hall–Kier alpha value is -4.33. The molecule has 0 aliphatic carbocycles. The lowest BCUT2D eigenvalue weighted by atomic mass is 10.2. The van der Waals surface area contributed by atoms with E-state index in [-0.39, 0.29) is 21.2 Å². The molecule has 0 fully saturated rings. The topological polar surface area (TPSA) is 161 Å². The largest absolute Gasteiger partial charge is 0.350 e. The average molecular weight is 611 g/mol. The summed E-state index contributed by atoms with van der Waals surface area (Å²) in [5, 5.41) is 0. The van der Waals surface area contributed by atoms with Gasteiger partial charge in [-0.3, -0.25) is 0 Å². The minimum Gasteiger partial charge on any atom is -0.350 e. The maximum atomic E-state index is 13.1. The highest BCUT2D eigenvalue weighted by atomic mass is 32.2. The number of primary amides is 2. The molecule has 4 rings (SSSR count). The predicted octanol–water partition coefficient (Wildman–Crippen LogP) is 5.00. The number of benzene rings is 4. The van der Waals surface area contributed by atoms with E-state index in [1.54, 1.807) is 48.5 Å². The number of rotatable bonds is 8. The Morgan fingerprint density at radius 1 is 0.537 bits per heavy atom. The molecule has 0 aliphatic heterocycles. The first-order chi connectivity index (χ1) is 19.3. The Labute approximate surface area is 242 Å². The quantitative estimate of drug-likeness (QED) is 0.284. The summed E-state index contributed by atoms with van der Waals surface area (Å²) >= 11 is 1.29. The third-order valence-corrected chi connectivity index (χ3v) is 10.4. The fraction of sp³-hybridized carbons (Fsp3) is 0.0714. The van der Waals surface area contributed by atoms with E-state index in [4.69, 9.17) is 11.5 Å². The second-order valence-corrected chi connectivity index (χ2v) is 13.7. The molecule has 0 saturated heterocycles. The second kappa shape index (κ2) is 11.6. The Kier molecular flexibility index (Phi) is 8.42. The molecule has 4 aromatic carbocycles. The van der Waals surface area contributed by atoms with Crippen molar-refractivity contribution in [2.24, 2.45) is 11.5 Å². The maximum Gasteiger partial charge on any atom is 0.333 e. The van der Waals surface area contributed by atoms with Crippen LogP contribution in [0.3, 0.4) is 0 Å². The van der Waals surface area contributed by atoms with Crippen LogP contribution in [0.2, 0.25) is 0 Å². The Balaban J connectivity index is 1.55. The zero-order valence-corrected chi connectivity index (χ0v) is 24.4. The molecular formula is C28H26N4O6S3. The molecule has 0 aliphatic rings. The first-order valence-corrected chi connectivity index (χ1v) is 15.7. The standard InChI is InChI=1S/C28H26N4O6S3/c1-19-3-15-25(16-4-19)40(35,36)31(27(29)33)21-7-11-23(12-8-21)39-24-13-9-22(10-14-24)32(28(30)34)41(37,38)26-17-5-20(2)6-18-26/h3-18H,1-2H3,(H2,29,33)(H2,30,34). The maximum absolute atomic E-state index is 13.1. The molecule has 4 N–H and O–H groups in total. The van der Waals surface area contributed by atoms with Crippen molar-refractivity contribution in [1.29, 1.82) is 0 Å². The molecule has 0 spiro atoms. The fourth-order valence-electron chi connectivity index (χ4n) is 3.84. The monoisotopic (exact) mass is 610 g/mol. The van der Waals surface area contributed by atoms with Crippen molar-refractivity contribution in [3.05, 3.63) is 108 Å². The van der Waals surface area contributed by atoms with Crippen molar-refractivity contribution in [3.8, 4) is 0 Å². The van der Waals surface area contributed by atoms with Gasteiger partial charge in [0.05, 0.1) is 21.2 Å². The minimum atomic E-state index is -4.24. The number of carbonyl (C=O) groups excluding carboxylic acids is 2. The third-order valence-electron chi connectivity index (χ3n) is 5.90. The molecule has 13 heteroatoms. The number of hydrogen-bond donors (Lipinski definition) is 2. The molecule has 0 radical (unpaired) electrons. The molecule has 212 valence electrons. The minimum absolute atomic E-state index is 0.0659. The van der Waals surface area contributed by atoms with Crippen LogP contribution in [-0.2, 0) is 20.0 Å². The van der Waals surface area contributed by atoms with E-state index in [0.29, 0.717) is 18.4 Å². The summed E-state index contributed by atoms with van der Waals surface area (Å²) in [6.45, 7) is 3.63. The summed E-state index contributed by atoms with van der Waals surface area (Å²) in [4.78, 5) is 25.6. The molecule has 4 amide bonds. The van der Waals surface area contributed by atoms with Crippen molar-refractivity contribution in [2.45, 2.75) is 33.4 Å². The summed E-state index contributed by atoms with van der Waals surface area (Å²) in [7, 11) is -8.47. The molecule has 0 saturated carbocycles. The van der Waals surface area contributed by atoms with E-state index in [1.807, 2.05) is 13.8 Å². The van der Waals surface area contributed by atoms with Gasteiger partial charge < -0.3 is 11.5 Å². The lowest BCUT2D eigenvalue weighted by molar-refractivity contribution is 0.256. The van der Waals surface area contributed by atoms with Crippen LogP contribution in [0.1, 0.15) is 11.1 Å². The lowest BCUT2D eigenvalue weighted by Crippen LogP contribution is -2.40. The van der Waals surface area contributed by atoms with Crippen molar-refractivity contribution in [1.82, 2.24) is 0 Å². The summed E-state index contributed by atoms with van der Waals surface area (Å²) in [6.07, 6.45) is 0. The SMILES string of the molecule is Cc1ccc(S(=O)(=O)N(C(N)=O)c2ccc(Sc3ccc(N(C(N)=O)S(=O)(=O)c4ccc(C)cc4)cc3)cc2)cc1. The van der Waals surface area contributed by atoms with Crippen LogP contribution in [0.4, 0.5) is 21.0 Å². The van der Waals surface area contributed by atoms with Crippen LogP contribution in [0.5, 0.6) is 0 Å². The number of sulfonamides is 2. The van der Waals surface area contributed by atoms with E-state index in [9.17, 15) is 26.4 Å².